The van der Waals surface area contributed by atoms with Crippen molar-refractivity contribution in [1.82, 2.24) is 4.98 Å². The predicted octanol–water partition coefficient (Wildman–Crippen LogP) is 0.959. The second kappa shape index (κ2) is 3.43. The fourth-order valence-electron chi connectivity index (χ4n) is 1.37. The number of aldehydes is 1. The smallest absolute Gasteiger partial charge is 0.153 e. The standard InChI is InChI=1S/C10H7BClNO/c11-8-1-2-9-6(4-8)3-7(5-14)10(12)13-9/h1-5H,11H2. The summed E-state index contributed by atoms with van der Waals surface area (Å²) in [6.07, 6.45) is 0.719. The third-order valence-electron chi connectivity index (χ3n) is 2.08. The number of hydrogen-bond donors (Lipinski definition) is 0. The van der Waals surface area contributed by atoms with Gasteiger partial charge in [-0.3, -0.25) is 4.79 Å². The maximum atomic E-state index is 10.6. The zero-order valence-corrected chi connectivity index (χ0v) is 8.38. The Hall–Kier alpha value is -1.35. The molecule has 0 N–H and O–H groups in total. The number of benzene rings is 1. The molecule has 0 unspecified atom stereocenters. The van der Waals surface area contributed by atoms with Crippen molar-refractivity contribution in [1.29, 1.82) is 0 Å². The summed E-state index contributed by atoms with van der Waals surface area (Å²) in [5.74, 6) is 0. The summed E-state index contributed by atoms with van der Waals surface area (Å²) >= 11 is 5.80. The van der Waals surface area contributed by atoms with Gasteiger partial charge < -0.3 is 0 Å². The first-order valence-electron chi connectivity index (χ1n) is 4.23. The highest BCUT2D eigenvalue weighted by atomic mass is 35.5. The largest absolute Gasteiger partial charge is 0.298 e. The van der Waals surface area contributed by atoms with Gasteiger partial charge in [-0.05, 0) is 12.1 Å². The van der Waals surface area contributed by atoms with Crippen LogP contribution in [0.25, 0.3) is 10.9 Å². The molecule has 14 heavy (non-hydrogen) atoms. The van der Waals surface area contributed by atoms with Crippen molar-refractivity contribution >= 4 is 42.1 Å². The summed E-state index contributed by atoms with van der Waals surface area (Å²) in [4.78, 5) is 14.8. The summed E-state index contributed by atoms with van der Waals surface area (Å²) in [5.41, 5.74) is 2.38. The van der Waals surface area contributed by atoms with Crippen molar-refractivity contribution in [3.05, 3.63) is 35.0 Å². The van der Waals surface area contributed by atoms with Gasteiger partial charge in [-0.25, -0.2) is 4.98 Å². The average molecular weight is 203 g/mol. The van der Waals surface area contributed by atoms with Crippen LogP contribution in [0.15, 0.2) is 24.3 Å². The van der Waals surface area contributed by atoms with Gasteiger partial charge in [-0.1, -0.05) is 29.2 Å². The Morgan fingerprint density at radius 3 is 2.86 bits per heavy atom. The van der Waals surface area contributed by atoms with Crippen LogP contribution < -0.4 is 5.46 Å². The second-order valence-corrected chi connectivity index (χ2v) is 3.54. The zero-order chi connectivity index (χ0) is 10.1. The highest BCUT2D eigenvalue weighted by Crippen LogP contribution is 2.17. The molecule has 0 atom stereocenters. The van der Waals surface area contributed by atoms with Gasteiger partial charge >= 0.3 is 0 Å². The monoisotopic (exact) mass is 203 g/mol. The lowest BCUT2D eigenvalue weighted by Crippen LogP contribution is -2.01. The van der Waals surface area contributed by atoms with Crippen LogP contribution in [-0.4, -0.2) is 19.1 Å². The second-order valence-electron chi connectivity index (χ2n) is 3.18. The summed E-state index contributed by atoms with van der Waals surface area (Å²) < 4.78 is 0. The number of carbonyl (C=O) groups is 1. The molecular formula is C10H7BClNO. The lowest BCUT2D eigenvalue weighted by molar-refractivity contribution is 0.112. The third kappa shape index (κ3) is 1.51. The van der Waals surface area contributed by atoms with E-state index in [1.807, 2.05) is 26.0 Å². The Morgan fingerprint density at radius 1 is 1.36 bits per heavy atom. The minimum Gasteiger partial charge on any atom is -0.298 e. The summed E-state index contributed by atoms with van der Waals surface area (Å²) in [7, 11) is 1.99. The molecule has 0 bridgehead atoms. The van der Waals surface area contributed by atoms with E-state index in [1.54, 1.807) is 6.07 Å². The van der Waals surface area contributed by atoms with E-state index in [1.165, 1.54) is 0 Å². The fraction of sp³-hybridized carbons (Fsp3) is 0. The number of fused-ring (bicyclic) bond motifs is 1. The van der Waals surface area contributed by atoms with Crippen LogP contribution in [-0.2, 0) is 0 Å². The Morgan fingerprint density at radius 2 is 2.14 bits per heavy atom. The molecule has 0 fully saturated rings. The molecule has 0 amide bonds. The molecule has 0 spiro atoms. The van der Waals surface area contributed by atoms with Crippen LogP contribution in [0.2, 0.25) is 5.15 Å². The topological polar surface area (TPSA) is 30.0 Å². The van der Waals surface area contributed by atoms with Gasteiger partial charge in [0.05, 0.1) is 11.1 Å². The lowest BCUT2D eigenvalue weighted by Gasteiger charge is -2.01. The van der Waals surface area contributed by atoms with Crippen molar-refractivity contribution in [2.45, 2.75) is 0 Å². The number of aromatic nitrogens is 1. The summed E-state index contributed by atoms with van der Waals surface area (Å²) in [6, 6.07) is 7.59. The number of rotatable bonds is 1. The van der Waals surface area contributed by atoms with Crippen molar-refractivity contribution in [2.75, 3.05) is 0 Å². The quantitative estimate of drug-likeness (QED) is 0.393. The van der Waals surface area contributed by atoms with Crippen LogP contribution in [0.1, 0.15) is 10.4 Å². The van der Waals surface area contributed by atoms with Gasteiger partial charge in [0.2, 0.25) is 0 Å². The molecule has 2 aromatic rings. The van der Waals surface area contributed by atoms with Gasteiger partial charge in [0.15, 0.2) is 6.29 Å². The first kappa shape index (κ1) is 9.22. The van der Waals surface area contributed by atoms with E-state index in [9.17, 15) is 4.79 Å². The molecule has 0 radical (unpaired) electrons. The van der Waals surface area contributed by atoms with Crippen molar-refractivity contribution < 1.29 is 4.79 Å². The highest BCUT2D eigenvalue weighted by Gasteiger charge is 2.03. The van der Waals surface area contributed by atoms with Crippen molar-refractivity contribution in [3.63, 3.8) is 0 Å². The van der Waals surface area contributed by atoms with Gasteiger partial charge in [-0.15, -0.1) is 0 Å². The summed E-state index contributed by atoms with van der Waals surface area (Å²) in [6.45, 7) is 0. The van der Waals surface area contributed by atoms with Crippen LogP contribution in [0.4, 0.5) is 0 Å². The molecule has 0 aliphatic carbocycles. The minimum absolute atomic E-state index is 0.261. The maximum absolute atomic E-state index is 10.6. The van der Waals surface area contributed by atoms with E-state index in [2.05, 4.69) is 4.98 Å². The Balaban J connectivity index is 2.79. The van der Waals surface area contributed by atoms with E-state index < -0.39 is 0 Å². The van der Waals surface area contributed by atoms with Gasteiger partial charge in [0.1, 0.15) is 13.0 Å². The zero-order valence-electron chi connectivity index (χ0n) is 7.62. The van der Waals surface area contributed by atoms with E-state index in [0.717, 1.165) is 22.7 Å². The summed E-state index contributed by atoms with van der Waals surface area (Å²) in [5, 5.41) is 1.20. The molecule has 0 aliphatic heterocycles. The average Bonchev–Trinajstić information content (AvgIpc) is 2.17. The molecule has 1 aromatic heterocycles. The van der Waals surface area contributed by atoms with Gasteiger partial charge in [-0.2, -0.15) is 0 Å². The van der Waals surface area contributed by atoms with Crippen LogP contribution in [0, 0.1) is 0 Å². The van der Waals surface area contributed by atoms with E-state index >= 15 is 0 Å². The van der Waals surface area contributed by atoms with Gasteiger partial charge in [0, 0.05) is 5.39 Å². The number of carbonyl (C=O) groups excluding carboxylic acids is 1. The maximum Gasteiger partial charge on any atom is 0.153 e. The lowest BCUT2D eigenvalue weighted by atomic mass is 9.94. The molecule has 2 rings (SSSR count). The first-order chi connectivity index (χ1) is 6.70. The van der Waals surface area contributed by atoms with Crippen LogP contribution >= 0.6 is 11.6 Å². The SMILES string of the molecule is Bc1ccc2nc(Cl)c(C=O)cc2c1. The Labute approximate surface area is 87.3 Å². The third-order valence-corrected chi connectivity index (χ3v) is 2.38. The molecule has 2 nitrogen and oxygen atoms in total. The number of pyridine rings is 1. The number of hydrogen-bond acceptors (Lipinski definition) is 2. The Bertz CT molecular complexity index is 513. The molecule has 4 heteroatoms. The number of nitrogens with zero attached hydrogens (tertiary/aromatic N) is 1. The van der Waals surface area contributed by atoms with Crippen molar-refractivity contribution in [2.24, 2.45) is 0 Å². The molecule has 1 aromatic carbocycles. The van der Waals surface area contributed by atoms with E-state index in [-0.39, 0.29) is 5.15 Å². The molecule has 0 saturated carbocycles. The predicted molar refractivity (Wildman–Crippen MR) is 60.3 cm³/mol. The van der Waals surface area contributed by atoms with E-state index in [0.29, 0.717) is 5.56 Å². The molecular weight excluding hydrogens is 196 g/mol. The number of halogens is 1. The Kier molecular flexibility index (Phi) is 2.26. The molecule has 68 valence electrons. The van der Waals surface area contributed by atoms with Gasteiger partial charge in [0.25, 0.3) is 0 Å². The molecule has 0 saturated heterocycles. The van der Waals surface area contributed by atoms with Crippen LogP contribution in [0.3, 0.4) is 0 Å². The van der Waals surface area contributed by atoms with Crippen molar-refractivity contribution in [3.8, 4) is 0 Å². The molecule has 0 aliphatic rings. The van der Waals surface area contributed by atoms with E-state index in [4.69, 9.17) is 11.6 Å². The first-order valence-corrected chi connectivity index (χ1v) is 4.60. The normalized spacial score (nSPS) is 10.4. The molecule has 1 heterocycles. The minimum atomic E-state index is 0.261. The fourth-order valence-corrected chi connectivity index (χ4v) is 1.56. The van der Waals surface area contributed by atoms with Crippen LogP contribution in [0.5, 0.6) is 0 Å². The highest BCUT2D eigenvalue weighted by molar-refractivity contribution is 6.34.